The zero-order valence-electron chi connectivity index (χ0n) is 22.5. The van der Waals surface area contributed by atoms with Gasteiger partial charge in [-0.05, 0) is 65.0 Å². The number of hydrogen-bond acceptors (Lipinski definition) is 5. The molecule has 2 heterocycles. The van der Waals surface area contributed by atoms with E-state index < -0.39 is 29.6 Å². The van der Waals surface area contributed by atoms with Gasteiger partial charge in [-0.15, -0.1) is 0 Å². The van der Waals surface area contributed by atoms with Crippen LogP contribution in [-0.4, -0.2) is 43.8 Å². The van der Waals surface area contributed by atoms with Gasteiger partial charge in [-0.2, -0.15) is 0 Å². The van der Waals surface area contributed by atoms with Gasteiger partial charge >= 0.3 is 5.97 Å². The van der Waals surface area contributed by atoms with Crippen molar-refractivity contribution in [1.82, 2.24) is 4.90 Å². The number of aliphatic hydroxyl groups excluding tert-OH is 1. The number of benzene rings is 2. The Labute approximate surface area is 224 Å². The maximum Gasteiger partial charge on any atom is 0.331 e. The highest BCUT2D eigenvalue weighted by atomic mass is 16.5. The first-order valence-corrected chi connectivity index (χ1v) is 13.1. The Hall–Kier alpha value is -3.58. The maximum atomic E-state index is 13.4. The van der Waals surface area contributed by atoms with Crippen molar-refractivity contribution >= 4 is 11.9 Å². The minimum Gasteiger partial charge on any atom is -0.508 e. The number of aliphatic carboxylic acids is 1. The van der Waals surface area contributed by atoms with Gasteiger partial charge in [0.2, 0.25) is 0 Å². The van der Waals surface area contributed by atoms with E-state index >= 15 is 0 Å². The first-order valence-electron chi connectivity index (χ1n) is 13.1. The summed E-state index contributed by atoms with van der Waals surface area (Å²) in [5, 5.41) is 31.8. The fourth-order valence-electron chi connectivity index (χ4n) is 5.32. The molecule has 2 aliphatic heterocycles. The summed E-state index contributed by atoms with van der Waals surface area (Å²) in [5.74, 6) is -1.36. The summed E-state index contributed by atoms with van der Waals surface area (Å²) in [6, 6.07) is 8.83. The number of carboxylic acid groups (broad SMARTS) is 1. The summed E-state index contributed by atoms with van der Waals surface area (Å²) in [6.45, 7) is 8.17. The van der Waals surface area contributed by atoms with Gasteiger partial charge in [0.25, 0.3) is 5.91 Å². The fourth-order valence-corrected chi connectivity index (χ4v) is 5.32. The monoisotopic (exact) mass is 519 g/mol. The number of amides is 1. The van der Waals surface area contributed by atoms with Crippen molar-refractivity contribution in [2.75, 3.05) is 0 Å². The molecule has 3 unspecified atom stereocenters. The maximum absolute atomic E-state index is 13.4. The van der Waals surface area contributed by atoms with Crippen LogP contribution >= 0.6 is 0 Å². The normalized spacial score (nSPS) is 21.4. The molecule has 4 rings (SSSR count). The molecule has 0 fully saturated rings. The molecule has 0 aliphatic carbocycles. The second-order valence-electron chi connectivity index (χ2n) is 10.9. The third kappa shape index (κ3) is 5.48. The van der Waals surface area contributed by atoms with Gasteiger partial charge in [-0.25, -0.2) is 4.79 Å². The number of fused-ring (bicyclic) bond motifs is 3. The molecule has 2 aromatic rings. The lowest BCUT2D eigenvalue weighted by Gasteiger charge is -2.41. The van der Waals surface area contributed by atoms with Crippen molar-refractivity contribution in [3.8, 4) is 11.5 Å². The van der Waals surface area contributed by atoms with Crippen molar-refractivity contribution in [1.29, 1.82) is 0 Å². The van der Waals surface area contributed by atoms with Crippen LogP contribution in [-0.2, 0) is 17.8 Å². The van der Waals surface area contributed by atoms with Crippen LogP contribution in [0.3, 0.4) is 0 Å². The Morgan fingerprint density at radius 3 is 2.53 bits per heavy atom. The number of allylic oxidation sites excluding steroid dienone is 4. The Balaban J connectivity index is 1.59. The molecular weight excluding hydrogens is 482 g/mol. The second-order valence-corrected chi connectivity index (χ2v) is 10.9. The molecule has 3 N–H and O–H groups in total. The highest BCUT2D eigenvalue weighted by Crippen LogP contribution is 2.47. The van der Waals surface area contributed by atoms with E-state index in [-0.39, 0.29) is 24.3 Å². The number of carbonyl (C=O) groups excluding carboxylic acids is 1. The molecule has 0 saturated carbocycles. The number of rotatable bonds is 9. The van der Waals surface area contributed by atoms with Crippen LogP contribution in [0.5, 0.6) is 11.5 Å². The van der Waals surface area contributed by atoms with Crippen LogP contribution in [0.4, 0.5) is 0 Å². The van der Waals surface area contributed by atoms with Crippen LogP contribution in [0.15, 0.2) is 59.7 Å². The molecule has 202 valence electrons. The van der Waals surface area contributed by atoms with Gasteiger partial charge in [-0.3, -0.25) is 4.79 Å². The summed E-state index contributed by atoms with van der Waals surface area (Å²) < 4.78 is 6.42. The first kappa shape index (κ1) is 27.5. The summed E-state index contributed by atoms with van der Waals surface area (Å²) in [5.41, 5.74) is 3.38. The molecule has 2 aliphatic rings. The lowest BCUT2D eigenvalue weighted by Crippen LogP contribution is -2.49. The summed E-state index contributed by atoms with van der Waals surface area (Å²) in [4.78, 5) is 26.9. The van der Waals surface area contributed by atoms with Gasteiger partial charge in [0.1, 0.15) is 17.1 Å². The molecule has 7 nitrogen and oxygen atoms in total. The molecule has 0 bridgehead atoms. The number of carboxylic acids is 1. The average Bonchev–Trinajstić information content (AvgIpc) is 3.16. The quantitative estimate of drug-likeness (QED) is 0.367. The minimum absolute atomic E-state index is 0.0399. The molecule has 0 radical (unpaired) electrons. The zero-order valence-corrected chi connectivity index (χ0v) is 22.5. The number of phenolic OH excluding ortho intramolecular Hbond substituents is 1. The summed E-state index contributed by atoms with van der Waals surface area (Å²) in [7, 11) is 0. The minimum atomic E-state index is -1.17. The van der Waals surface area contributed by atoms with E-state index in [4.69, 9.17) is 4.74 Å². The van der Waals surface area contributed by atoms with Crippen molar-refractivity contribution < 1.29 is 29.6 Å². The number of aliphatic hydroxyl groups is 1. The van der Waals surface area contributed by atoms with Crippen LogP contribution in [0.1, 0.15) is 86.5 Å². The van der Waals surface area contributed by atoms with Crippen LogP contribution in [0.25, 0.3) is 0 Å². The highest BCUT2D eigenvalue weighted by Gasteiger charge is 2.46. The topological polar surface area (TPSA) is 107 Å². The highest BCUT2D eigenvalue weighted by molar-refractivity contribution is 6.02. The van der Waals surface area contributed by atoms with Crippen molar-refractivity contribution in [2.24, 2.45) is 0 Å². The Kier molecular flexibility index (Phi) is 7.97. The van der Waals surface area contributed by atoms with Crippen LogP contribution in [0, 0.1) is 0 Å². The summed E-state index contributed by atoms with van der Waals surface area (Å²) >= 11 is 0. The molecule has 2 aromatic carbocycles. The van der Waals surface area contributed by atoms with Gasteiger partial charge in [-0.1, -0.05) is 53.6 Å². The predicted octanol–water partition coefficient (Wildman–Crippen LogP) is 5.70. The van der Waals surface area contributed by atoms with E-state index in [0.29, 0.717) is 35.3 Å². The van der Waals surface area contributed by atoms with Crippen LogP contribution < -0.4 is 4.74 Å². The lowest BCUT2D eigenvalue weighted by molar-refractivity contribution is -0.142. The molecule has 0 aromatic heterocycles. The standard InChI is InChI=1S/C31H37NO6/c1-19(2)10-8-11-20(3)12-9-15-31(4)26(34)17-23-25(33)16-22-24(28(23)38-31)18-32(29(22)35)27(30(36)37)21-13-6-5-7-14-21/h5-7,10,12-14,16,26-27,33-34H,8-9,11,15,17-18H2,1-4H3,(H,36,37)/b20-12+. The van der Waals surface area contributed by atoms with Gasteiger partial charge in [0.05, 0.1) is 18.2 Å². The van der Waals surface area contributed by atoms with E-state index in [9.17, 15) is 24.9 Å². The fraction of sp³-hybridized carbons (Fsp3) is 0.419. The van der Waals surface area contributed by atoms with Gasteiger partial charge in [0.15, 0.2) is 6.04 Å². The Morgan fingerprint density at radius 2 is 1.87 bits per heavy atom. The SMILES string of the molecule is CC(C)=CCC/C(C)=C/CCC1(C)Oc2c(c(O)cc3c2CN(C(C(=O)O)c2ccccc2)C3=O)CC1O. The molecule has 3 atom stereocenters. The van der Waals surface area contributed by atoms with E-state index in [1.165, 1.54) is 22.1 Å². The third-order valence-electron chi connectivity index (χ3n) is 7.61. The largest absolute Gasteiger partial charge is 0.508 e. The van der Waals surface area contributed by atoms with Crippen molar-refractivity contribution in [2.45, 2.75) is 84.1 Å². The number of hydrogen-bond donors (Lipinski definition) is 3. The van der Waals surface area contributed by atoms with Crippen LogP contribution in [0.2, 0.25) is 0 Å². The van der Waals surface area contributed by atoms with E-state index in [2.05, 4.69) is 32.9 Å². The van der Waals surface area contributed by atoms with E-state index in [1.54, 1.807) is 30.3 Å². The lowest BCUT2D eigenvalue weighted by atomic mass is 9.84. The number of phenols is 1. The molecule has 0 saturated heterocycles. The number of nitrogens with zero attached hydrogens (tertiary/aromatic N) is 1. The van der Waals surface area contributed by atoms with Gasteiger partial charge < -0.3 is 25.0 Å². The number of aromatic hydroxyl groups is 1. The average molecular weight is 520 g/mol. The molecule has 1 amide bonds. The van der Waals surface area contributed by atoms with E-state index in [1.807, 2.05) is 6.92 Å². The summed E-state index contributed by atoms with van der Waals surface area (Å²) in [6.07, 6.45) is 6.96. The Bertz CT molecular complexity index is 1280. The second kappa shape index (κ2) is 11.0. The van der Waals surface area contributed by atoms with Crippen molar-refractivity contribution in [3.63, 3.8) is 0 Å². The first-order chi connectivity index (χ1) is 18.0. The van der Waals surface area contributed by atoms with Gasteiger partial charge in [0, 0.05) is 17.5 Å². The molecule has 38 heavy (non-hydrogen) atoms. The molecular formula is C31H37NO6. The van der Waals surface area contributed by atoms with E-state index in [0.717, 1.165) is 12.8 Å². The van der Waals surface area contributed by atoms with Crippen molar-refractivity contribution in [3.05, 3.63) is 82.0 Å². The Morgan fingerprint density at radius 1 is 1.16 bits per heavy atom. The number of carbonyl (C=O) groups is 2. The third-order valence-corrected chi connectivity index (χ3v) is 7.61. The number of ether oxygens (including phenoxy) is 1. The predicted molar refractivity (Wildman–Crippen MR) is 145 cm³/mol. The smallest absolute Gasteiger partial charge is 0.331 e. The zero-order chi connectivity index (χ0) is 27.6. The molecule has 0 spiro atoms. The molecule has 7 heteroatoms.